The summed E-state index contributed by atoms with van der Waals surface area (Å²) in [6.07, 6.45) is 0.450. The number of hydrogen-bond acceptors (Lipinski definition) is 5. The Kier molecular flexibility index (Phi) is 2.52. The Morgan fingerprint density at radius 3 is 2.87 bits per heavy atom. The summed E-state index contributed by atoms with van der Waals surface area (Å²) in [5, 5.41) is 0.0778. The van der Waals surface area contributed by atoms with Gasteiger partial charge >= 0.3 is 0 Å². The number of amides is 1. The largest absolute Gasteiger partial charge is 0.368 e. The van der Waals surface area contributed by atoms with Crippen molar-refractivity contribution in [1.29, 1.82) is 0 Å². The van der Waals surface area contributed by atoms with E-state index in [2.05, 4.69) is 22.6 Å². The van der Waals surface area contributed by atoms with Crippen LogP contribution in [0.4, 0.5) is 11.8 Å². The van der Waals surface area contributed by atoms with Gasteiger partial charge in [-0.2, -0.15) is 17.6 Å². The topological polar surface area (TPSA) is 72.1 Å². The zero-order valence-electron chi connectivity index (χ0n) is 8.34. The number of anilines is 2. The Morgan fingerprint density at radius 2 is 2.33 bits per heavy atom. The maximum atomic E-state index is 11.6. The Balaban J connectivity index is 2.33. The second-order valence-corrected chi connectivity index (χ2v) is 4.32. The SMILES string of the molecule is Cc1cc(N2CC(S)CC2=O)nc(N)n1. The number of aryl methyl sites for hydroxylation is 1. The van der Waals surface area contributed by atoms with E-state index in [-0.39, 0.29) is 17.1 Å². The summed E-state index contributed by atoms with van der Waals surface area (Å²) in [6.45, 7) is 2.40. The average Bonchev–Trinajstić information content (AvgIpc) is 2.43. The van der Waals surface area contributed by atoms with Crippen molar-refractivity contribution in [1.82, 2.24) is 9.97 Å². The molecule has 0 aliphatic carbocycles. The molecule has 0 saturated carbocycles. The van der Waals surface area contributed by atoms with Gasteiger partial charge in [-0.05, 0) is 6.92 Å². The van der Waals surface area contributed by atoms with Crippen LogP contribution >= 0.6 is 12.6 Å². The summed E-state index contributed by atoms with van der Waals surface area (Å²) in [4.78, 5) is 21.2. The molecular weight excluding hydrogens is 212 g/mol. The van der Waals surface area contributed by atoms with Gasteiger partial charge in [-0.25, -0.2) is 4.98 Å². The summed E-state index contributed by atoms with van der Waals surface area (Å²) in [5.41, 5.74) is 6.29. The quantitative estimate of drug-likeness (QED) is 0.677. The molecule has 1 atom stereocenters. The van der Waals surface area contributed by atoms with Crippen molar-refractivity contribution in [2.24, 2.45) is 0 Å². The molecule has 0 radical (unpaired) electrons. The maximum absolute atomic E-state index is 11.6. The molecule has 5 nitrogen and oxygen atoms in total. The molecule has 1 amide bonds. The lowest BCUT2D eigenvalue weighted by Gasteiger charge is -2.15. The molecule has 1 fully saturated rings. The normalized spacial score (nSPS) is 21.1. The number of aromatic nitrogens is 2. The predicted octanol–water partition coefficient (Wildman–Crippen LogP) is 0.402. The van der Waals surface area contributed by atoms with Gasteiger partial charge in [-0.1, -0.05) is 0 Å². The summed E-state index contributed by atoms with van der Waals surface area (Å²) < 4.78 is 0. The highest BCUT2D eigenvalue weighted by atomic mass is 32.1. The molecule has 1 aromatic rings. The minimum Gasteiger partial charge on any atom is -0.368 e. The van der Waals surface area contributed by atoms with E-state index in [0.717, 1.165) is 5.69 Å². The zero-order valence-corrected chi connectivity index (χ0v) is 9.24. The van der Waals surface area contributed by atoms with E-state index in [1.54, 1.807) is 11.0 Å². The number of rotatable bonds is 1. The minimum atomic E-state index is 0.0347. The van der Waals surface area contributed by atoms with Crippen molar-refractivity contribution in [2.45, 2.75) is 18.6 Å². The van der Waals surface area contributed by atoms with Gasteiger partial charge < -0.3 is 5.73 Å². The van der Waals surface area contributed by atoms with E-state index >= 15 is 0 Å². The molecule has 1 unspecified atom stereocenters. The lowest BCUT2D eigenvalue weighted by Crippen LogP contribution is -2.26. The highest BCUT2D eigenvalue weighted by Crippen LogP contribution is 2.22. The number of hydrogen-bond donors (Lipinski definition) is 2. The fourth-order valence-corrected chi connectivity index (χ4v) is 1.94. The lowest BCUT2D eigenvalue weighted by molar-refractivity contribution is -0.117. The van der Waals surface area contributed by atoms with Gasteiger partial charge in [0.15, 0.2) is 0 Å². The Labute approximate surface area is 93.1 Å². The van der Waals surface area contributed by atoms with Crippen molar-refractivity contribution in [2.75, 3.05) is 17.2 Å². The fourth-order valence-electron chi connectivity index (χ4n) is 1.62. The van der Waals surface area contributed by atoms with Crippen LogP contribution in [0.25, 0.3) is 0 Å². The summed E-state index contributed by atoms with van der Waals surface area (Å²) in [5.74, 6) is 0.800. The molecule has 2 N–H and O–H groups in total. The first kappa shape index (κ1) is 10.2. The predicted molar refractivity (Wildman–Crippen MR) is 60.9 cm³/mol. The van der Waals surface area contributed by atoms with Gasteiger partial charge in [0, 0.05) is 30.0 Å². The van der Waals surface area contributed by atoms with Gasteiger partial charge in [-0.3, -0.25) is 9.69 Å². The standard InChI is InChI=1S/C9H12N4OS/c1-5-2-7(12-9(10)11-5)13-4-6(15)3-8(13)14/h2,6,15H,3-4H2,1H3,(H2,10,11,12). The van der Waals surface area contributed by atoms with Gasteiger partial charge in [0.05, 0.1) is 0 Å². The van der Waals surface area contributed by atoms with Crippen molar-refractivity contribution >= 4 is 30.3 Å². The minimum absolute atomic E-state index is 0.0347. The van der Waals surface area contributed by atoms with Crippen LogP contribution in [0.15, 0.2) is 6.07 Å². The number of carbonyl (C=O) groups excluding carboxylic acids is 1. The first-order valence-electron chi connectivity index (χ1n) is 4.66. The van der Waals surface area contributed by atoms with Crippen LogP contribution in [0, 0.1) is 6.92 Å². The number of nitrogens with two attached hydrogens (primary N) is 1. The van der Waals surface area contributed by atoms with Crippen LogP contribution in [-0.4, -0.2) is 27.7 Å². The van der Waals surface area contributed by atoms with E-state index in [0.29, 0.717) is 18.8 Å². The third kappa shape index (κ3) is 2.04. The van der Waals surface area contributed by atoms with E-state index in [1.165, 1.54) is 0 Å². The van der Waals surface area contributed by atoms with Crippen LogP contribution in [-0.2, 0) is 4.79 Å². The monoisotopic (exact) mass is 224 g/mol. The Morgan fingerprint density at radius 1 is 1.60 bits per heavy atom. The molecule has 2 heterocycles. The van der Waals surface area contributed by atoms with E-state index in [9.17, 15) is 4.79 Å². The van der Waals surface area contributed by atoms with Crippen LogP contribution in [0.2, 0.25) is 0 Å². The van der Waals surface area contributed by atoms with Gasteiger partial charge in [-0.15, -0.1) is 0 Å². The fraction of sp³-hybridized carbons (Fsp3) is 0.444. The maximum Gasteiger partial charge on any atom is 0.229 e. The second kappa shape index (κ2) is 3.69. The highest BCUT2D eigenvalue weighted by molar-refractivity contribution is 7.81. The zero-order chi connectivity index (χ0) is 11.0. The molecule has 0 bridgehead atoms. The van der Waals surface area contributed by atoms with Gasteiger partial charge in [0.1, 0.15) is 5.82 Å². The molecule has 1 saturated heterocycles. The van der Waals surface area contributed by atoms with E-state index in [4.69, 9.17) is 5.73 Å². The van der Waals surface area contributed by atoms with E-state index < -0.39 is 0 Å². The smallest absolute Gasteiger partial charge is 0.229 e. The van der Waals surface area contributed by atoms with Gasteiger partial charge in [0.25, 0.3) is 0 Å². The number of nitrogen functional groups attached to an aromatic ring is 1. The molecule has 2 rings (SSSR count). The van der Waals surface area contributed by atoms with Crippen molar-refractivity contribution in [3.8, 4) is 0 Å². The second-order valence-electron chi connectivity index (χ2n) is 3.59. The van der Waals surface area contributed by atoms with Crippen LogP contribution < -0.4 is 10.6 Å². The van der Waals surface area contributed by atoms with Crippen LogP contribution in [0.3, 0.4) is 0 Å². The van der Waals surface area contributed by atoms with Crippen LogP contribution in [0.1, 0.15) is 12.1 Å². The number of thiol groups is 1. The van der Waals surface area contributed by atoms with Crippen molar-refractivity contribution in [3.63, 3.8) is 0 Å². The molecule has 0 aromatic carbocycles. The summed E-state index contributed by atoms with van der Waals surface area (Å²) in [6, 6.07) is 1.75. The highest BCUT2D eigenvalue weighted by Gasteiger charge is 2.29. The molecule has 80 valence electrons. The average molecular weight is 224 g/mol. The molecule has 6 heteroatoms. The summed E-state index contributed by atoms with van der Waals surface area (Å²) >= 11 is 4.28. The van der Waals surface area contributed by atoms with E-state index in [1.807, 2.05) is 6.92 Å². The first-order chi connectivity index (χ1) is 7.06. The number of carbonyl (C=O) groups is 1. The number of nitrogens with zero attached hydrogens (tertiary/aromatic N) is 3. The third-order valence-electron chi connectivity index (χ3n) is 2.24. The third-order valence-corrected chi connectivity index (χ3v) is 2.59. The lowest BCUT2D eigenvalue weighted by atomic mass is 10.4. The molecule has 15 heavy (non-hydrogen) atoms. The van der Waals surface area contributed by atoms with Crippen LogP contribution in [0.5, 0.6) is 0 Å². The first-order valence-corrected chi connectivity index (χ1v) is 5.17. The van der Waals surface area contributed by atoms with Crippen molar-refractivity contribution < 1.29 is 4.79 Å². The molecule has 0 spiro atoms. The summed E-state index contributed by atoms with van der Waals surface area (Å²) in [7, 11) is 0. The van der Waals surface area contributed by atoms with Crippen molar-refractivity contribution in [3.05, 3.63) is 11.8 Å². The molecule has 1 aliphatic rings. The Hall–Kier alpha value is -1.30. The molecule has 1 aliphatic heterocycles. The molecule has 1 aromatic heterocycles. The Bertz CT molecular complexity index is 389. The van der Waals surface area contributed by atoms with Gasteiger partial charge in [0.2, 0.25) is 11.9 Å². The molecular formula is C9H12N4OS.